The maximum atomic E-state index is 8.85. The number of hydrogen-bond donors (Lipinski definition) is 1. The van der Waals surface area contributed by atoms with Crippen LogP contribution in [0.1, 0.15) is 46.5 Å². The van der Waals surface area contributed by atoms with Crippen LogP contribution >= 0.6 is 0 Å². The first kappa shape index (κ1) is 12.5. The molecule has 0 heterocycles. The monoisotopic (exact) mass is 208 g/mol. The first-order chi connectivity index (χ1) is 7.05. The molecule has 1 N–H and O–H groups in total. The summed E-state index contributed by atoms with van der Waals surface area (Å²) in [5, 5.41) is 12.3. The molecular weight excluding hydrogens is 184 g/mol. The zero-order valence-electron chi connectivity index (χ0n) is 10.3. The highest BCUT2D eigenvalue weighted by Crippen LogP contribution is 2.36. The van der Waals surface area contributed by atoms with Crippen LogP contribution in [0.5, 0.6) is 0 Å². The molecule has 1 fully saturated rings. The minimum absolute atomic E-state index is 0.149. The predicted molar refractivity (Wildman–Crippen MR) is 63.4 cm³/mol. The molecule has 0 aromatic heterocycles. The van der Waals surface area contributed by atoms with E-state index in [4.69, 9.17) is 5.26 Å². The van der Waals surface area contributed by atoms with E-state index in [2.05, 4.69) is 18.3 Å². The second kappa shape index (κ2) is 5.51. The number of nitrogens with one attached hydrogen (secondary N) is 1. The van der Waals surface area contributed by atoms with Crippen molar-refractivity contribution >= 4 is 0 Å². The van der Waals surface area contributed by atoms with E-state index in [1.54, 1.807) is 0 Å². The van der Waals surface area contributed by atoms with E-state index in [1.807, 2.05) is 13.8 Å². The minimum atomic E-state index is -0.149. The summed E-state index contributed by atoms with van der Waals surface area (Å²) in [5.74, 6) is 1.84. The molecule has 0 amide bonds. The summed E-state index contributed by atoms with van der Waals surface area (Å²) in [4.78, 5) is 0. The summed E-state index contributed by atoms with van der Waals surface area (Å²) in [6.45, 7) is 8.57. The van der Waals surface area contributed by atoms with Crippen molar-refractivity contribution < 1.29 is 0 Å². The maximum absolute atomic E-state index is 8.85. The lowest BCUT2D eigenvalue weighted by Crippen LogP contribution is -2.24. The van der Waals surface area contributed by atoms with Gasteiger partial charge in [0.1, 0.15) is 0 Å². The molecule has 1 aliphatic rings. The van der Waals surface area contributed by atoms with Gasteiger partial charge in [0, 0.05) is 0 Å². The minimum Gasteiger partial charge on any atom is -0.316 e. The van der Waals surface area contributed by atoms with Crippen LogP contribution in [0.25, 0.3) is 0 Å². The van der Waals surface area contributed by atoms with Crippen LogP contribution in [-0.2, 0) is 0 Å². The summed E-state index contributed by atoms with van der Waals surface area (Å²) < 4.78 is 0. The van der Waals surface area contributed by atoms with Gasteiger partial charge >= 0.3 is 0 Å². The average molecular weight is 208 g/mol. The topological polar surface area (TPSA) is 35.8 Å². The molecule has 0 saturated heterocycles. The smallest absolute Gasteiger partial charge is 0.0683 e. The second-order valence-corrected chi connectivity index (χ2v) is 5.62. The van der Waals surface area contributed by atoms with Gasteiger partial charge in [-0.3, -0.25) is 0 Å². The molecule has 1 rings (SSSR count). The Balaban J connectivity index is 1.95. The van der Waals surface area contributed by atoms with Crippen LogP contribution in [0.15, 0.2) is 0 Å². The Morgan fingerprint density at radius 2 is 2.13 bits per heavy atom. The zero-order chi connectivity index (χ0) is 11.3. The maximum Gasteiger partial charge on any atom is 0.0683 e. The van der Waals surface area contributed by atoms with Crippen molar-refractivity contribution in [3.8, 4) is 6.07 Å². The highest BCUT2D eigenvalue weighted by Gasteiger charge is 2.27. The lowest BCUT2D eigenvalue weighted by atomic mass is 9.90. The van der Waals surface area contributed by atoms with Crippen molar-refractivity contribution in [3.05, 3.63) is 0 Å². The lowest BCUT2D eigenvalue weighted by molar-refractivity contribution is 0.408. The highest BCUT2D eigenvalue weighted by atomic mass is 14.9. The Hall–Kier alpha value is -0.550. The molecule has 2 nitrogen and oxygen atoms in total. The largest absolute Gasteiger partial charge is 0.316 e. The fourth-order valence-electron chi connectivity index (χ4n) is 1.87. The van der Waals surface area contributed by atoms with Crippen LogP contribution < -0.4 is 5.32 Å². The Bertz CT molecular complexity index is 223. The van der Waals surface area contributed by atoms with Crippen LogP contribution in [0.2, 0.25) is 0 Å². The number of nitriles is 1. The molecule has 0 aromatic rings. The fourth-order valence-corrected chi connectivity index (χ4v) is 1.87. The van der Waals surface area contributed by atoms with Crippen molar-refractivity contribution in [2.75, 3.05) is 13.1 Å². The number of hydrogen-bond acceptors (Lipinski definition) is 2. The van der Waals surface area contributed by atoms with Gasteiger partial charge in [0.2, 0.25) is 0 Å². The molecule has 0 radical (unpaired) electrons. The van der Waals surface area contributed by atoms with Gasteiger partial charge in [-0.1, -0.05) is 6.92 Å². The molecule has 2 heteroatoms. The SMILES string of the molecule is CC(CNCCCC(C)(C)C#N)C1CC1. The van der Waals surface area contributed by atoms with Crippen LogP contribution in [0.3, 0.4) is 0 Å². The van der Waals surface area contributed by atoms with Gasteiger partial charge in [0.15, 0.2) is 0 Å². The molecule has 1 saturated carbocycles. The van der Waals surface area contributed by atoms with E-state index in [0.29, 0.717) is 0 Å². The third kappa shape index (κ3) is 5.18. The van der Waals surface area contributed by atoms with E-state index < -0.39 is 0 Å². The third-order valence-corrected chi connectivity index (χ3v) is 3.35. The summed E-state index contributed by atoms with van der Waals surface area (Å²) in [5.41, 5.74) is -0.149. The Labute approximate surface area is 94.1 Å². The zero-order valence-corrected chi connectivity index (χ0v) is 10.3. The summed E-state index contributed by atoms with van der Waals surface area (Å²) in [6, 6.07) is 2.34. The molecule has 0 spiro atoms. The molecule has 0 bridgehead atoms. The second-order valence-electron chi connectivity index (χ2n) is 5.62. The van der Waals surface area contributed by atoms with Gasteiger partial charge in [-0.15, -0.1) is 0 Å². The van der Waals surface area contributed by atoms with Crippen molar-refractivity contribution in [2.45, 2.75) is 46.5 Å². The Kier molecular flexibility index (Phi) is 4.60. The van der Waals surface area contributed by atoms with Gasteiger partial charge in [0.05, 0.1) is 11.5 Å². The van der Waals surface area contributed by atoms with Gasteiger partial charge in [-0.2, -0.15) is 5.26 Å². The predicted octanol–water partition coefficient (Wildman–Crippen LogP) is 2.95. The van der Waals surface area contributed by atoms with E-state index in [1.165, 1.54) is 12.8 Å². The van der Waals surface area contributed by atoms with Gasteiger partial charge in [-0.25, -0.2) is 0 Å². The molecule has 86 valence electrons. The summed E-state index contributed by atoms with van der Waals surface area (Å²) >= 11 is 0. The van der Waals surface area contributed by atoms with E-state index in [0.717, 1.165) is 37.8 Å². The lowest BCUT2D eigenvalue weighted by Gasteiger charge is -2.15. The van der Waals surface area contributed by atoms with Crippen LogP contribution in [-0.4, -0.2) is 13.1 Å². The molecule has 1 aliphatic carbocycles. The first-order valence-corrected chi connectivity index (χ1v) is 6.17. The quantitative estimate of drug-likeness (QED) is 0.653. The Morgan fingerprint density at radius 1 is 1.47 bits per heavy atom. The third-order valence-electron chi connectivity index (χ3n) is 3.35. The fraction of sp³-hybridized carbons (Fsp3) is 0.923. The summed E-state index contributed by atoms with van der Waals surface area (Å²) in [6.07, 6.45) is 4.97. The van der Waals surface area contributed by atoms with E-state index >= 15 is 0 Å². The molecule has 0 aliphatic heterocycles. The van der Waals surface area contributed by atoms with Gasteiger partial charge in [-0.05, 0) is 64.5 Å². The van der Waals surface area contributed by atoms with Crippen LogP contribution in [0, 0.1) is 28.6 Å². The summed E-state index contributed by atoms with van der Waals surface area (Å²) in [7, 11) is 0. The van der Waals surface area contributed by atoms with Gasteiger partial charge in [0.25, 0.3) is 0 Å². The molecule has 0 aromatic carbocycles. The molecule has 15 heavy (non-hydrogen) atoms. The number of rotatable bonds is 7. The molecule has 1 unspecified atom stereocenters. The van der Waals surface area contributed by atoms with E-state index in [9.17, 15) is 0 Å². The highest BCUT2D eigenvalue weighted by molar-refractivity contribution is 4.91. The van der Waals surface area contributed by atoms with E-state index in [-0.39, 0.29) is 5.41 Å². The standard InChI is InChI=1S/C13H24N2/c1-11(12-5-6-12)9-15-8-4-7-13(2,3)10-14/h11-12,15H,4-9H2,1-3H3. The van der Waals surface area contributed by atoms with Crippen molar-refractivity contribution in [1.29, 1.82) is 5.26 Å². The van der Waals surface area contributed by atoms with Crippen LogP contribution in [0.4, 0.5) is 0 Å². The Morgan fingerprint density at radius 3 is 2.67 bits per heavy atom. The normalized spacial score (nSPS) is 18.5. The molecule has 1 atom stereocenters. The van der Waals surface area contributed by atoms with Crippen molar-refractivity contribution in [2.24, 2.45) is 17.3 Å². The van der Waals surface area contributed by atoms with Crippen molar-refractivity contribution in [3.63, 3.8) is 0 Å². The first-order valence-electron chi connectivity index (χ1n) is 6.17. The number of nitrogens with zero attached hydrogens (tertiary/aromatic N) is 1. The van der Waals surface area contributed by atoms with Gasteiger partial charge < -0.3 is 5.32 Å². The van der Waals surface area contributed by atoms with Crippen molar-refractivity contribution in [1.82, 2.24) is 5.32 Å². The molecular formula is C13H24N2. The average Bonchev–Trinajstić information content (AvgIpc) is 3.00.